The number of hydrogen-bond donors (Lipinski definition) is 2. The van der Waals surface area contributed by atoms with Gasteiger partial charge in [0, 0.05) is 25.8 Å². The van der Waals surface area contributed by atoms with E-state index in [2.05, 4.69) is 10.3 Å². The number of hydrogen-bond acceptors (Lipinski definition) is 3. The van der Waals surface area contributed by atoms with Crippen molar-refractivity contribution < 1.29 is 9.90 Å². The van der Waals surface area contributed by atoms with E-state index in [-0.39, 0.29) is 0 Å². The maximum Gasteiger partial charge on any atom is 0.404 e. The highest BCUT2D eigenvalue weighted by atomic mass is 16.4. The fourth-order valence-corrected chi connectivity index (χ4v) is 1.43. The third-order valence-corrected chi connectivity index (χ3v) is 2.26. The van der Waals surface area contributed by atoms with Crippen molar-refractivity contribution in [3.05, 3.63) is 23.9 Å². The highest BCUT2D eigenvalue weighted by molar-refractivity contribution is 5.64. The Morgan fingerprint density at radius 2 is 2.38 bits per heavy atom. The first-order chi connectivity index (χ1) is 7.63. The van der Waals surface area contributed by atoms with E-state index in [0.29, 0.717) is 13.1 Å². The predicted molar refractivity (Wildman–Crippen MR) is 62.9 cm³/mol. The topological polar surface area (TPSA) is 65.5 Å². The van der Waals surface area contributed by atoms with Gasteiger partial charge in [0.1, 0.15) is 5.82 Å². The number of likely N-dealkylation sites (N-methyl/N-ethyl adjacent to an activating group) is 1. The Balaban J connectivity index is 2.57. The molecule has 1 amide bonds. The number of pyridine rings is 1. The molecule has 0 bridgehead atoms. The second-order valence-electron chi connectivity index (χ2n) is 3.50. The normalized spacial score (nSPS) is 9.88. The summed E-state index contributed by atoms with van der Waals surface area (Å²) in [5.74, 6) is 0.884. The SMILES string of the molecule is CCN(CCNC(=O)O)c1cc(C)ccn1. The Morgan fingerprint density at radius 3 is 2.94 bits per heavy atom. The lowest BCUT2D eigenvalue weighted by molar-refractivity contribution is 0.195. The van der Waals surface area contributed by atoms with E-state index in [0.717, 1.165) is 17.9 Å². The minimum absolute atomic E-state index is 0.402. The molecule has 0 fully saturated rings. The second kappa shape index (κ2) is 5.95. The van der Waals surface area contributed by atoms with Gasteiger partial charge in [-0.1, -0.05) is 0 Å². The summed E-state index contributed by atoms with van der Waals surface area (Å²) in [5.41, 5.74) is 1.15. The fraction of sp³-hybridized carbons (Fsp3) is 0.455. The highest BCUT2D eigenvalue weighted by Gasteiger charge is 2.05. The summed E-state index contributed by atoms with van der Waals surface area (Å²) in [5, 5.41) is 10.8. The number of nitrogens with zero attached hydrogens (tertiary/aromatic N) is 2. The van der Waals surface area contributed by atoms with Crippen LogP contribution >= 0.6 is 0 Å². The van der Waals surface area contributed by atoms with Crippen LogP contribution in [-0.4, -0.2) is 35.8 Å². The number of aryl methyl sites for hydroxylation is 1. The molecule has 88 valence electrons. The number of carboxylic acid groups (broad SMARTS) is 1. The first-order valence-corrected chi connectivity index (χ1v) is 5.28. The summed E-state index contributed by atoms with van der Waals surface area (Å²) in [6.07, 6.45) is 0.769. The van der Waals surface area contributed by atoms with Crippen molar-refractivity contribution in [2.24, 2.45) is 0 Å². The fourth-order valence-electron chi connectivity index (χ4n) is 1.43. The molecule has 1 aromatic rings. The number of amides is 1. The third kappa shape index (κ3) is 3.76. The summed E-state index contributed by atoms with van der Waals surface area (Å²) in [4.78, 5) is 16.6. The van der Waals surface area contributed by atoms with Crippen molar-refractivity contribution in [1.82, 2.24) is 10.3 Å². The van der Waals surface area contributed by atoms with Gasteiger partial charge < -0.3 is 15.3 Å². The monoisotopic (exact) mass is 223 g/mol. The molecule has 0 unspecified atom stereocenters. The van der Waals surface area contributed by atoms with E-state index >= 15 is 0 Å². The van der Waals surface area contributed by atoms with Crippen LogP contribution in [0.2, 0.25) is 0 Å². The molecular weight excluding hydrogens is 206 g/mol. The molecule has 5 nitrogen and oxygen atoms in total. The predicted octanol–water partition coefficient (Wildman–Crippen LogP) is 1.48. The zero-order chi connectivity index (χ0) is 12.0. The van der Waals surface area contributed by atoms with Gasteiger partial charge >= 0.3 is 6.09 Å². The summed E-state index contributed by atoms with van der Waals surface area (Å²) < 4.78 is 0. The van der Waals surface area contributed by atoms with Gasteiger partial charge in [-0.2, -0.15) is 0 Å². The van der Waals surface area contributed by atoms with Crippen LogP contribution in [0.25, 0.3) is 0 Å². The van der Waals surface area contributed by atoms with E-state index in [1.54, 1.807) is 6.20 Å². The Bertz CT molecular complexity index is 355. The molecule has 0 spiro atoms. The van der Waals surface area contributed by atoms with Crippen LogP contribution in [0.1, 0.15) is 12.5 Å². The summed E-state index contributed by atoms with van der Waals surface area (Å²) in [6.45, 7) is 5.86. The molecular formula is C11H17N3O2. The van der Waals surface area contributed by atoms with Crippen LogP contribution in [-0.2, 0) is 0 Å². The first-order valence-electron chi connectivity index (χ1n) is 5.28. The Morgan fingerprint density at radius 1 is 1.62 bits per heavy atom. The molecule has 0 aliphatic rings. The van der Waals surface area contributed by atoms with Gasteiger partial charge in [0.25, 0.3) is 0 Å². The molecule has 0 saturated carbocycles. The van der Waals surface area contributed by atoms with E-state index < -0.39 is 6.09 Å². The van der Waals surface area contributed by atoms with Crippen LogP contribution in [0.3, 0.4) is 0 Å². The van der Waals surface area contributed by atoms with Crippen molar-refractivity contribution >= 4 is 11.9 Å². The van der Waals surface area contributed by atoms with Crippen molar-refractivity contribution in [1.29, 1.82) is 0 Å². The van der Waals surface area contributed by atoms with Crippen molar-refractivity contribution in [2.75, 3.05) is 24.5 Å². The van der Waals surface area contributed by atoms with Crippen LogP contribution in [0, 0.1) is 6.92 Å². The van der Waals surface area contributed by atoms with Crippen molar-refractivity contribution in [2.45, 2.75) is 13.8 Å². The second-order valence-corrected chi connectivity index (χ2v) is 3.50. The third-order valence-electron chi connectivity index (χ3n) is 2.26. The van der Waals surface area contributed by atoms with Crippen LogP contribution in [0.4, 0.5) is 10.6 Å². The average Bonchev–Trinajstić information content (AvgIpc) is 2.24. The van der Waals surface area contributed by atoms with E-state index in [9.17, 15) is 4.79 Å². The average molecular weight is 223 g/mol. The van der Waals surface area contributed by atoms with E-state index in [1.807, 2.05) is 30.9 Å². The smallest absolute Gasteiger partial charge is 0.404 e. The van der Waals surface area contributed by atoms with E-state index in [4.69, 9.17) is 5.11 Å². The van der Waals surface area contributed by atoms with Crippen LogP contribution < -0.4 is 10.2 Å². The highest BCUT2D eigenvalue weighted by Crippen LogP contribution is 2.10. The number of rotatable bonds is 5. The summed E-state index contributed by atoms with van der Waals surface area (Å²) >= 11 is 0. The number of nitrogens with one attached hydrogen (secondary N) is 1. The molecule has 16 heavy (non-hydrogen) atoms. The number of carbonyl (C=O) groups is 1. The molecule has 0 atom stereocenters. The van der Waals surface area contributed by atoms with Crippen molar-refractivity contribution in [3.8, 4) is 0 Å². The molecule has 0 saturated heterocycles. The lowest BCUT2D eigenvalue weighted by Crippen LogP contribution is -2.34. The summed E-state index contributed by atoms with van der Waals surface area (Å²) in [7, 11) is 0. The molecule has 0 aliphatic heterocycles. The van der Waals surface area contributed by atoms with Crippen molar-refractivity contribution in [3.63, 3.8) is 0 Å². The van der Waals surface area contributed by atoms with Gasteiger partial charge in [-0.15, -0.1) is 0 Å². The maximum absolute atomic E-state index is 10.3. The Labute approximate surface area is 95.1 Å². The largest absolute Gasteiger partial charge is 0.465 e. The van der Waals surface area contributed by atoms with Gasteiger partial charge in [0.2, 0.25) is 0 Å². The standard InChI is InChI=1S/C11H17N3O2/c1-3-14(7-6-13-11(15)16)10-8-9(2)4-5-12-10/h4-5,8,13H,3,6-7H2,1-2H3,(H,15,16). The lowest BCUT2D eigenvalue weighted by Gasteiger charge is -2.21. The minimum atomic E-state index is -0.992. The van der Waals surface area contributed by atoms with Crippen LogP contribution in [0.15, 0.2) is 18.3 Å². The van der Waals surface area contributed by atoms with Gasteiger partial charge in [0.05, 0.1) is 0 Å². The van der Waals surface area contributed by atoms with E-state index in [1.165, 1.54) is 0 Å². The van der Waals surface area contributed by atoms with Gasteiger partial charge in [0.15, 0.2) is 0 Å². The molecule has 0 aromatic carbocycles. The zero-order valence-electron chi connectivity index (χ0n) is 9.60. The number of anilines is 1. The molecule has 0 aliphatic carbocycles. The Kier molecular flexibility index (Phi) is 4.57. The lowest BCUT2D eigenvalue weighted by atomic mass is 10.3. The van der Waals surface area contributed by atoms with Gasteiger partial charge in [-0.3, -0.25) is 0 Å². The molecule has 2 N–H and O–H groups in total. The first kappa shape index (κ1) is 12.3. The molecule has 5 heteroatoms. The maximum atomic E-state index is 10.3. The van der Waals surface area contributed by atoms with Gasteiger partial charge in [-0.25, -0.2) is 9.78 Å². The molecule has 0 radical (unpaired) electrons. The minimum Gasteiger partial charge on any atom is -0.465 e. The molecule has 1 aromatic heterocycles. The van der Waals surface area contributed by atoms with Gasteiger partial charge in [-0.05, 0) is 31.5 Å². The quantitative estimate of drug-likeness (QED) is 0.793. The number of aromatic nitrogens is 1. The molecule has 1 heterocycles. The summed E-state index contributed by atoms with van der Waals surface area (Å²) in [6, 6.07) is 3.93. The van der Waals surface area contributed by atoms with Crippen LogP contribution in [0.5, 0.6) is 0 Å². The molecule has 1 rings (SSSR count). The zero-order valence-corrected chi connectivity index (χ0v) is 9.60. The Hall–Kier alpha value is -1.78.